The van der Waals surface area contributed by atoms with Crippen molar-refractivity contribution in [2.75, 3.05) is 13.2 Å². The molecule has 1 nitrogen and oxygen atoms in total. The molecule has 0 aliphatic rings. The third-order valence-electron chi connectivity index (χ3n) is 0.796. The molecule has 0 atom stereocenters. The van der Waals surface area contributed by atoms with Crippen molar-refractivity contribution in [2.24, 2.45) is 0 Å². The van der Waals surface area contributed by atoms with Gasteiger partial charge in [-0.2, -0.15) is 13.2 Å². The van der Waals surface area contributed by atoms with Gasteiger partial charge in [-0.15, -0.1) is 33.2 Å². The molecule has 0 saturated heterocycles. The molecule has 0 rings (SSSR count). The summed E-state index contributed by atoms with van der Waals surface area (Å²) in [6, 6.07) is -2.75. The van der Waals surface area contributed by atoms with Crippen LogP contribution < -0.4 is 0 Å². The first-order chi connectivity index (χ1) is 5.21. The van der Waals surface area contributed by atoms with E-state index in [9.17, 15) is 13.2 Å². The monoisotopic (exact) mass is 260 g/mol. The first-order valence-electron chi connectivity index (χ1n) is 2.92. The van der Waals surface area contributed by atoms with Gasteiger partial charge in [0.1, 0.15) is 6.61 Å². The summed E-state index contributed by atoms with van der Waals surface area (Å²) < 4.78 is 38.6. The number of ether oxygens (including phenoxy) is 1. The maximum absolute atomic E-state index is 11.5. The quantitative estimate of drug-likeness (QED) is 0.429. The molecule has 12 heavy (non-hydrogen) atoms. The summed E-state index contributed by atoms with van der Waals surface area (Å²) in [6.45, 7) is -1.45. The lowest BCUT2D eigenvalue weighted by Crippen LogP contribution is -2.20. The summed E-state index contributed by atoms with van der Waals surface area (Å²) in [5.41, 5.74) is 0. The number of alkyl halides is 3. The van der Waals surface area contributed by atoms with Crippen LogP contribution in [0.2, 0.25) is 6.04 Å². The highest BCUT2D eigenvalue weighted by Crippen LogP contribution is 2.25. The summed E-state index contributed by atoms with van der Waals surface area (Å²) in [5.74, 6) is 0. The van der Waals surface area contributed by atoms with Crippen molar-refractivity contribution in [3.05, 3.63) is 0 Å². The van der Waals surface area contributed by atoms with E-state index < -0.39 is 18.8 Å². The van der Waals surface area contributed by atoms with E-state index in [0.717, 1.165) is 0 Å². The summed E-state index contributed by atoms with van der Waals surface area (Å²) in [4.78, 5) is 0. The first-order valence-corrected chi connectivity index (χ1v) is 8.16. The number of halogens is 6. The lowest BCUT2D eigenvalue weighted by Gasteiger charge is -2.09. The van der Waals surface area contributed by atoms with Crippen LogP contribution in [-0.4, -0.2) is 25.4 Å². The molecule has 0 radical (unpaired) electrons. The Hall–Kier alpha value is 0.837. The fourth-order valence-corrected chi connectivity index (χ4v) is 1.45. The molecule has 74 valence electrons. The molecule has 0 aliphatic heterocycles. The number of hydrogen-bond acceptors (Lipinski definition) is 1. The van der Waals surface area contributed by atoms with Crippen LogP contribution in [-0.2, 0) is 4.74 Å². The van der Waals surface area contributed by atoms with Crippen LogP contribution >= 0.6 is 33.2 Å². The summed E-state index contributed by atoms with van der Waals surface area (Å²) in [6.07, 6.45) is -4.31. The normalized spacial score (nSPS) is 13.5. The van der Waals surface area contributed by atoms with Crippen LogP contribution in [0.15, 0.2) is 0 Å². The molecule has 0 bridgehead atoms. The Morgan fingerprint density at radius 3 is 2.00 bits per heavy atom. The fourth-order valence-electron chi connectivity index (χ4n) is 0.376. The minimum Gasteiger partial charge on any atom is -0.372 e. The first kappa shape index (κ1) is 12.8. The van der Waals surface area contributed by atoms with Crippen LogP contribution in [0.5, 0.6) is 0 Å². The molecule has 0 saturated carbocycles. The molecule has 0 heterocycles. The average molecular weight is 262 g/mol. The number of rotatable bonds is 4. The molecule has 0 aliphatic carbocycles. The van der Waals surface area contributed by atoms with Crippen LogP contribution in [0.25, 0.3) is 0 Å². The molecule has 0 N–H and O–H groups in total. The van der Waals surface area contributed by atoms with Crippen molar-refractivity contribution in [1.29, 1.82) is 0 Å². The van der Waals surface area contributed by atoms with E-state index in [4.69, 9.17) is 33.2 Å². The van der Waals surface area contributed by atoms with Crippen molar-refractivity contribution in [2.45, 2.75) is 12.2 Å². The lowest BCUT2D eigenvalue weighted by atomic mass is 10.7. The largest absolute Gasteiger partial charge is 0.411 e. The Labute approximate surface area is 82.9 Å². The van der Waals surface area contributed by atoms with Crippen LogP contribution in [0.3, 0.4) is 0 Å². The zero-order chi connectivity index (χ0) is 9.83. The van der Waals surface area contributed by atoms with Crippen molar-refractivity contribution in [1.82, 2.24) is 0 Å². The minimum absolute atomic E-state index is 0.0771. The third kappa shape index (κ3) is 10.8. The van der Waals surface area contributed by atoms with Gasteiger partial charge in [0.15, 0.2) is 0 Å². The van der Waals surface area contributed by atoms with Gasteiger partial charge in [0.2, 0.25) is 0 Å². The van der Waals surface area contributed by atoms with Gasteiger partial charge in [-0.05, 0) is 0 Å². The highest BCUT2D eigenvalue weighted by atomic mass is 35.8. The van der Waals surface area contributed by atoms with Crippen LogP contribution in [0.4, 0.5) is 13.2 Å². The standard InChI is InChI=1S/C4H6Cl3F3OSi/c5-12(6,7)2-1-11-3-4(8,9)10/h1-3H2. The molecule has 0 aromatic heterocycles. The molecule has 0 aromatic carbocycles. The zero-order valence-corrected chi connectivity index (χ0v) is 9.07. The van der Waals surface area contributed by atoms with Gasteiger partial charge in [0.25, 0.3) is 0 Å². The van der Waals surface area contributed by atoms with Crippen molar-refractivity contribution in [3.8, 4) is 0 Å². The van der Waals surface area contributed by atoms with E-state index in [1.807, 2.05) is 0 Å². The van der Waals surface area contributed by atoms with E-state index >= 15 is 0 Å². The highest BCUT2D eigenvalue weighted by molar-refractivity contribution is 7.64. The average Bonchev–Trinajstić information content (AvgIpc) is 1.76. The summed E-state index contributed by atoms with van der Waals surface area (Å²) in [5, 5.41) is 0. The molecule has 0 amide bonds. The Balaban J connectivity index is 3.35. The zero-order valence-electron chi connectivity index (χ0n) is 5.80. The highest BCUT2D eigenvalue weighted by Gasteiger charge is 2.29. The predicted octanol–water partition coefficient (Wildman–Crippen LogP) is 3.22. The van der Waals surface area contributed by atoms with E-state index in [1.54, 1.807) is 0 Å². The minimum atomic E-state index is -4.31. The van der Waals surface area contributed by atoms with Gasteiger partial charge in [-0.1, -0.05) is 0 Å². The van der Waals surface area contributed by atoms with E-state index in [-0.39, 0.29) is 12.7 Å². The molecule has 0 spiro atoms. The third-order valence-corrected chi connectivity index (χ3v) is 3.27. The number of hydrogen-bond donors (Lipinski definition) is 0. The maximum atomic E-state index is 11.5. The Morgan fingerprint density at radius 2 is 1.67 bits per heavy atom. The van der Waals surface area contributed by atoms with E-state index in [2.05, 4.69) is 4.74 Å². The van der Waals surface area contributed by atoms with E-state index in [0.29, 0.717) is 0 Å². The van der Waals surface area contributed by atoms with Gasteiger partial charge in [0.05, 0.1) is 0 Å². The molecule has 0 unspecified atom stereocenters. The van der Waals surface area contributed by atoms with Gasteiger partial charge < -0.3 is 4.74 Å². The van der Waals surface area contributed by atoms with Crippen LogP contribution in [0, 0.1) is 0 Å². The maximum Gasteiger partial charge on any atom is 0.411 e. The van der Waals surface area contributed by atoms with Gasteiger partial charge in [-0.25, -0.2) is 0 Å². The van der Waals surface area contributed by atoms with Crippen molar-refractivity contribution in [3.63, 3.8) is 0 Å². The van der Waals surface area contributed by atoms with Gasteiger partial charge in [0, 0.05) is 12.7 Å². The summed E-state index contributed by atoms with van der Waals surface area (Å²) >= 11 is 16.2. The Morgan fingerprint density at radius 1 is 1.17 bits per heavy atom. The SMILES string of the molecule is FC(F)(F)COCC[Si](Cl)(Cl)Cl. The molecular weight excluding hydrogens is 255 g/mol. The second kappa shape index (κ2) is 4.90. The fraction of sp³-hybridized carbons (Fsp3) is 1.00. The Kier molecular flexibility index (Phi) is 5.25. The van der Waals surface area contributed by atoms with Gasteiger partial charge >= 0.3 is 12.2 Å². The van der Waals surface area contributed by atoms with E-state index in [1.165, 1.54) is 0 Å². The smallest absolute Gasteiger partial charge is 0.372 e. The molecule has 0 aromatic rings. The summed E-state index contributed by atoms with van der Waals surface area (Å²) in [7, 11) is 0. The topological polar surface area (TPSA) is 9.23 Å². The lowest BCUT2D eigenvalue weighted by molar-refractivity contribution is -0.172. The van der Waals surface area contributed by atoms with Crippen LogP contribution in [0.1, 0.15) is 0 Å². The molecule has 0 fully saturated rings. The van der Waals surface area contributed by atoms with Crippen molar-refractivity contribution >= 4 is 39.2 Å². The molecular formula is C4H6Cl3F3OSi. The Bertz CT molecular complexity index is 118. The second-order valence-corrected chi connectivity index (χ2v) is 11.3. The van der Waals surface area contributed by atoms with Gasteiger partial charge in [-0.3, -0.25) is 0 Å². The van der Waals surface area contributed by atoms with Crippen molar-refractivity contribution < 1.29 is 17.9 Å². The molecule has 8 heteroatoms. The second-order valence-electron chi connectivity index (χ2n) is 2.03. The predicted molar refractivity (Wildman–Crippen MR) is 45.0 cm³/mol.